The summed E-state index contributed by atoms with van der Waals surface area (Å²) in [7, 11) is 0. The maximum absolute atomic E-state index is 12.0. The standard InChI is InChI=1S/C23H20Cl2N2O2/c1-15-8-9-21(16(2)10-15)26-13-17-11-19(24)23(20(25)12-17)29-14-22(28)27-18-6-4-3-5-7-18/h3-13H,14H2,1-2H3,(H,27,28). The van der Waals surface area contributed by atoms with Crippen molar-refractivity contribution in [2.24, 2.45) is 4.99 Å². The normalized spacial score (nSPS) is 10.9. The van der Waals surface area contributed by atoms with E-state index in [9.17, 15) is 4.79 Å². The Bertz CT molecular complexity index is 1030. The molecule has 0 radical (unpaired) electrons. The van der Waals surface area contributed by atoms with E-state index in [0.717, 1.165) is 16.8 Å². The molecule has 0 aliphatic carbocycles. The van der Waals surface area contributed by atoms with Gasteiger partial charge in [-0.25, -0.2) is 0 Å². The van der Waals surface area contributed by atoms with Gasteiger partial charge in [-0.15, -0.1) is 0 Å². The van der Waals surface area contributed by atoms with Gasteiger partial charge < -0.3 is 10.1 Å². The largest absolute Gasteiger partial charge is 0.481 e. The molecule has 0 spiro atoms. The van der Waals surface area contributed by atoms with Gasteiger partial charge in [0, 0.05) is 11.9 Å². The predicted octanol–water partition coefficient (Wildman–Crippen LogP) is 6.38. The summed E-state index contributed by atoms with van der Waals surface area (Å²) in [5.41, 5.74) is 4.58. The van der Waals surface area contributed by atoms with Crippen molar-refractivity contribution in [2.45, 2.75) is 13.8 Å². The molecule has 0 aliphatic heterocycles. The Hall–Kier alpha value is -2.82. The number of aryl methyl sites for hydroxylation is 2. The van der Waals surface area contributed by atoms with E-state index in [1.807, 2.05) is 44.2 Å². The van der Waals surface area contributed by atoms with Crippen LogP contribution in [0.1, 0.15) is 16.7 Å². The maximum Gasteiger partial charge on any atom is 0.262 e. The van der Waals surface area contributed by atoms with E-state index in [1.165, 1.54) is 5.56 Å². The van der Waals surface area contributed by atoms with Crippen LogP contribution < -0.4 is 10.1 Å². The molecule has 3 aromatic rings. The zero-order valence-corrected chi connectivity index (χ0v) is 17.6. The topological polar surface area (TPSA) is 50.7 Å². The van der Waals surface area contributed by atoms with Crippen molar-refractivity contribution in [3.8, 4) is 5.75 Å². The van der Waals surface area contributed by atoms with Crippen LogP contribution in [0.25, 0.3) is 0 Å². The zero-order chi connectivity index (χ0) is 20.8. The molecule has 0 heterocycles. The second-order valence-electron chi connectivity index (χ2n) is 6.56. The van der Waals surface area contributed by atoms with E-state index in [-0.39, 0.29) is 18.3 Å². The highest BCUT2D eigenvalue weighted by molar-refractivity contribution is 6.37. The maximum atomic E-state index is 12.0. The molecule has 3 rings (SSSR count). The molecule has 0 saturated carbocycles. The van der Waals surface area contributed by atoms with Crippen molar-refractivity contribution < 1.29 is 9.53 Å². The Balaban J connectivity index is 1.67. The van der Waals surface area contributed by atoms with Crippen molar-refractivity contribution in [3.05, 3.63) is 87.4 Å². The van der Waals surface area contributed by atoms with Gasteiger partial charge in [0.1, 0.15) is 0 Å². The van der Waals surface area contributed by atoms with Crippen LogP contribution in [0.15, 0.2) is 65.7 Å². The lowest BCUT2D eigenvalue weighted by Gasteiger charge is -2.11. The van der Waals surface area contributed by atoms with Crippen LogP contribution >= 0.6 is 23.2 Å². The second kappa shape index (κ2) is 9.59. The molecule has 0 bridgehead atoms. The van der Waals surface area contributed by atoms with Crippen LogP contribution in [0, 0.1) is 13.8 Å². The summed E-state index contributed by atoms with van der Waals surface area (Å²) in [6.45, 7) is 3.85. The minimum atomic E-state index is -0.302. The first kappa shape index (κ1) is 20.9. The predicted molar refractivity (Wildman–Crippen MR) is 120 cm³/mol. The lowest BCUT2D eigenvalue weighted by Crippen LogP contribution is -2.20. The molecule has 3 aromatic carbocycles. The Morgan fingerprint density at radius 3 is 2.38 bits per heavy atom. The SMILES string of the molecule is Cc1ccc(N=Cc2cc(Cl)c(OCC(=O)Nc3ccccc3)c(Cl)c2)c(C)c1. The lowest BCUT2D eigenvalue weighted by atomic mass is 10.1. The van der Waals surface area contributed by atoms with Crippen molar-refractivity contribution in [2.75, 3.05) is 11.9 Å². The number of nitrogens with one attached hydrogen (secondary N) is 1. The highest BCUT2D eigenvalue weighted by Crippen LogP contribution is 2.34. The zero-order valence-electron chi connectivity index (χ0n) is 16.1. The monoisotopic (exact) mass is 426 g/mol. The van der Waals surface area contributed by atoms with Crippen LogP contribution in [0.5, 0.6) is 5.75 Å². The third-order valence-corrected chi connectivity index (χ3v) is 4.69. The average Bonchev–Trinajstić information content (AvgIpc) is 2.67. The molecule has 1 amide bonds. The minimum absolute atomic E-state index is 0.204. The molecule has 0 fully saturated rings. The molecule has 0 aliphatic rings. The Kier molecular flexibility index (Phi) is 6.91. The molecule has 4 nitrogen and oxygen atoms in total. The molecule has 0 atom stereocenters. The van der Waals surface area contributed by atoms with Crippen LogP contribution in [0.4, 0.5) is 11.4 Å². The second-order valence-corrected chi connectivity index (χ2v) is 7.38. The summed E-state index contributed by atoms with van der Waals surface area (Å²) in [4.78, 5) is 16.5. The molecule has 29 heavy (non-hydrogen) atoms. The number of halogens is 2. The van der Waals surface area contributed by atoms with Gasteiger partial charge >= 0.3 is 0 Å². The van der Waals surface area contributed by atoms with Crippen LogP contribution in [-0.4, -0.2) is 18.7 Å². The smallest absolute Gasteiger partial charge is 0.262 e. The number of benzene rings is 3. The van der Waals surface area contributed by atoms with Crippen molar-refractivity contribution >= 4 is 46.7 Å². The molecular formula is C23H20Cl2N2O2. The van der Waals surface area contributed by atoms with E-state index in [1.54, 1.807) is 30.5 Å². The number of hydrogen-bond donors (Lipinski definition) is 1. The third kappa shape index (κ3) is 5.83. The van der Waals surface area contributed by atoms with Gasteiger partial charge in [0.15, 0.2) is 12.4 Å². The first-order valence-electron chi connectivity index (χ1n) is 9.00. The molecule has 0 unspecified atom stereocenters. The summed E-state index contributed by atoms with van der Waals surface area (Å²) in [6, 6.07) is 18.6. The molecule has 1 N–H and O–H groups in total. The fourth-order valence-electron chi connectivity index (χ4n) is 2.74. The third-order valence-electron chi connectivity index (χ3n) is 4.13. The first-order valence-corrected chi connectivity index (χ1v) is 9.76. The molecule has 6 heteroatoms. The van der Waals surface area contributed by atoms with Gasteiger partial charge in [0.25, 0.3) is 5.91 Å². The van der Waals surface area contributed by atoms with Gasteiger partial charge in [-0.2, -0.15) is 0 Å². The van der Waals surface area contributed by atoms with Gasteiger partial charge in [-0.3, -0.25) is 9.79 Å². The van der Waals surface area contributed by atoms with Crippen molar-refractivity contribution in [1.29, 1.82) is 0 Å². The number of ether oxygens (including phenoxy) is 1. The van der Waals surface area contributed by atoms with E-state index in [4.69, 9.17) is 27.9 Å². The number of anilines is 1. The highest BCUT2D eigenvalue weighted by atomic mass is 35.5. The van der Waals surface area contributed by atoms with E-state index >= 15 is 0 Å². The lowest BCUT2D eigenvalue weighted by molar-refractivity contribution is -0.118. The highest BCUT2D eigenvalue weighted by Gasteiger charge is 2.12. The average molecular weight is 427 g/mol. The summed E-state index contributed by atoms with van der Waals surface area (Å²) in [5, 5.41) is 3.36. The summed E-state index contributed by atoms with van der Waals surface area (Å²) >= 11 is 12.6. The van der Waals surface area contributed by atoms with Crippen LogP contribution in [0.2, 0.25) is 10.0 Å². The fourth-order valence-corrected chi connectivity index (χ4v) is 3.36. The van der Waals surface area contributed by atoms with Gasteiger partial charge in [-0.05, 0) is 55.3 Å². The Morgan fingerprint density at radius 2 is 1.72 bits per heavy atom. The molecule has 0 saturated heterocycles. The number of carbonyl (C=O) groups is 1. The first-order chi connectivity index (χ1) is 13.9. The molecular weight excluding hydrogens is 407 g/mol. The van der Waals surface area contributed by atoms with Crippen LogP contribution in [-0.2, 0) is 4.79 Å². The quantitative estimate of drug-likeness (QED) is 0.464. The van der Waals surface area contributed by atoms with E-state index < -0.39 is 0 Å². The van der Waals surface area contributed by atoms with Gasteiger partial charge in [-0.1, -0.05) is 59.1 Å². The number of aliphatic imine (C=N–C) groups is 1. The summed E-state index contributed by atoms with van der Waals surface area (Å²) in [6.07, 6.45) is 1.70. The van der Waals surface area contributed by atoms with E-state index in [0.29, 0.717) is 15.7 Å². The van der Waals surface area contributed by atoms with Gasteiger partial charge in [0.05, 0.1) is 15.7 Å². The van der Waals surface area contributed by atoms with E-state index in [2.05, 4.69) is 16.4 Å². The van der Waals surface area contributed by atoms with Crippen molar-refractivity contribution in [3.63, 3.8) is 0 Å². The fraction of sp³-hybridized carbons (Fsp3) is 0.130. The van der Waals surface area contributed by atoms with Gasteiger partial charge in [0.2, 0.25) is 0 Å². The number of rotatable bonds is 6. The van der Waals surface area contributed by atoms with Crippen molar-refractivity contribution in [1.82, 2.24) is 0 Å². The Labute approximate surface area is 180 Å². The molecule has 0 aromatic heterocycles. The van der Waals surface area contributed by atoms with Crippen LogP contribution in [0.3, 0.4) is 0 Å². The number of carbonyl (C=O) groups excluding carboxylic acids is 1. The minimum Gasteiger partial charge on any atom is -0.481 e. The summed E-state index contributed by atoms with van der Waals surface area (Å²) < 4.78 is 5.53. The number of amides is 1. The summed E-state index contributed by atoms with van der Waals surface area (Å²) in [5.74, 6) is -0.0379. The Morgan fingerprint density at radius 1 is 1.03 bits per heavy atom. The molecule has 148 valence electrons. The number of hydrogen-bond acceptors (Lipinski definition) is 3. The number of para-hydroxylation sites is 1. The number of nitrogens with zero attached hydrogens (tertiary/aromatic N) is 1.